The first kappa shape index (κ1) is 13.7. The van der Waals surface area contributed by atoms with E-state index in [0.29, 0.717) is 5.56 Å². The van der Waals surface area contributed by atoms with E-state index in [1.165, 1.54) is 7.11 Å². The summed E-state index contributed by atoms with van der Waals surface area (Å²) in [5.74, 6) is -0.759. The van der Waals surface area contributed by atoms with Gasteiger partial charge in [0.05, 0.1) is 7.11 Å². The molecule has 0 radical (unpaired) electrons. The molecule has 0 aromatic heterocycles. The Bertz CT molecular complexity index is 445. The maximum absolute atomic E-state index is 11.8. The number of esters is 1. The van der Waals surface area contributed by atoms with Gasteiger partial charge < -0.3 is 10.1 Å². The summed E-state index contributed by atoms with van der Waals surface area (Å²) in [5.41, 5.74) is 1.48. The van der Waals surface area contributed by atoms with Crippen LogP contribution in [0.2, 0.25) is 0 Å². The highest BCUT2D eigenvalue weighted by Crippen LogP contribution is 2.17. The van der Waals surface area contributed by atoms with Crippen LogP contribution in [0.1, 0.15) is 22.8 Å². The Balaban J connectivity index is 2.76. The Hall–Kier alpha value is -1.36. The third-order valence-electron chi connectivity index (χ3n) is 2.32. The molecule has 1 unspecified atom stereocenters. The summed E-state index contributed by atoms with van der Waals surface area (Å²) in [4.78, 5) is 23.0. The van der Waals surface area contributed by atoms with Gasteiger partial charge in [0, 0.05) is 10.0 Å². The number of amides is 1. The zero-order valence-corrected chi connectivity index (χ0v) is 11.5. The molecule has 1 amide bonds. The number of halogens is 1. The SMILES string of the molecule is COC(=O)C(C)NC(=O)c1ccc(Br)c(C)c1. The van der Waals surface area contributed by atoms with E-state index >= 15 is 0 Å². The van der Waals surface area contributed by atoms with Gasteiger partial charge in [0.25, 0.3) is 5.91 Å². The largest absolute Gasteiger partial charge is 0.467 e. The number of carbonyl (C=O) groups excluding carboxylic acids is 2. The Labute approximate surface area is 108 Å². The van der Waals surface area contributed by atoms with E-state index in [1.54, 1.807) is 25.1 Å². The van der Waals surface area contributed by atoms with Crippen molar-refractivity contribution in [3.05, 3.63) is 33.8 Å². The van der Waals surface area contributed by atoms with Gasteiger partial charge in [-0.05, 0) is 37.6 Å². The van der Waals surface area contributed by atoms with Gasteiger partial charge in [-0.1, -0.05) is 15.9 Å². The lowest BCUT2D eigenvalue weighted by molar-refractivity contribution is -0.142. The molecule has 0 aliphatic heterocycles. The Morgan fingerprint density at radius 2 is 2.06 bits per heavy atom. The van der Waals surface area contributed by atoms with Crippen molar-refractivity contribution in [1.82, 2.24) is 5.32 Å². The number of methoxy groups -OCH3 is 1. The monoisotopic (exact) mass is 299 g/mol. The first-order chi connectivity index (χ1) is 7.95. The number of benzene rings is 1. The fraction of sp³-hybridized carbons (Fsp3) is 0.333. The van der Waals surface area contributed by atoms with Crippen molar-refractivity contribution in [2.24, 2.45) is 0 Å². The zero-order chi connectivity index (χ0) is 13.0. The van der Waals surface area contributed by atoms with Crippen molar-refractivity contribution in [2.75, 3.05) is 7.11 Å². The van der Waals surface area contributed by atoms with E-state index in [4.69, 9.17) is 0 Å². The zero-order valence-electron chi connectivity index (χ0n) is 9.91. The number of aryl methyl sites for hydroxylation is 1. The Kier molecular flexibility index (Phi) is 4.69. The maximum atomic E-state index is 11.8. The van der Waals surface area contributed by atoms with Gasteiger partial charge in [-0.2, -0.15) is 0 Å². The number of hydrogen-bond donors (Lipinski definition) is 1. The van der Waals surface area contributed by atoms with Crippen molar-refractivity contribution in [2.45, 2.75) is 19.9 Å². The van der Waals surface area contributed by atoms with E-state index in [1.807, 2.05) is 6.92 Å². The topological polar surface area (TPSA) is 55.4 Å². The molecular weight excluding hydrogens is 286 g/mol. The molecular formula is C12H14BrNO3. The van der Waals surface area contributed by atoms with Gasteiger partial charge in [-0.15, -0.1) is 0 Å². The molecule has 5 heteroatoms. The molecule has 4 nitrogen and oxygen atoms in total. The predicted molar refractivity (Wildman–Crippen MR) is 67.8 cm³/mol. The maximum Gasteiger partial charge on any atom is 0.328 e. The Morgan fingerprint density at radius 1 is 1.41 bits per heavy atom. The first-order valence-electron chi connectivity index (χ1n) is 5.10. The molecule has 92 valence electrons. The fourth-order valence-electron chi connectivity index (χ4n) is 1.30. The third kappa shape index (κ3) is 3.56. The molecule has 1 rings (SSSR count). The van der Waals surface area contributed by atoms with Crippen LogP contribution in [-0.4, -0.2) is 25.0 Å². The van der Waals surface area contributed by atoms with E-state index < -0.39 is 12.0 Å². The van der Waals surface area contributed by atoms with Crippen LogP contribution >= 0.6 is 15.9 Å². The number of nitrogens with one attached hydrogen (secondary N) is 1. The summed E-state index contributed by atoms with van der Waals surface area (Å²) in [5, 5.41) is 2.56. The molecule has 17 heavy (non-hydrogen) atoms. The highest BCUT2D eigenvalue weighted by molar-refractivity contribution is 9.10. The average molecular weight is 300 g/mol. The van der Waals surface area contributed by atoms with Crippen LogP contribution in [0.4, 0.5) is 0 Å². The van der Waals surface area contributed by atoms with Crippen LogP contribution in [0.25, 0.3) is 0 Å². The second-order valence-electron chi connectivity index (χ2n) is 3.68. The highest BCUT2D eigenvalue weighted by atomic mass is 79.9. The molecule has 0 heterocycles. The van der Waals surface area contributed by atoms with Crippen molar-refractivity contribution < 1.29 is 14.3 Å². The predicted octanol–water partition coefficient (Wildman–Crippen LogP) is 2.05. The number of rotatable bonds is 3. The van der Waals surface area contributed by atoms with Gasteiger partial charge in [0.15, 0.2) is 0 Å². The summed E-state index contributed by atoms with van der Waals surface area (Å²) >= 11 is 3.36. The lowest BCUT2D eigenvalue weighted by atomic mass is 10.1. The van der Waals surface area contributed by atoms with E-state index in [2.05, 4.69) is 26.0 Å². The van der Waals surface area contributed by atoms with Crippen LogP contribution in [0.5, 0.6) is 0 Å². The molecule has 0 aliphatic carbocycles. The summed E-state index contributed by atoms with van der Waals surface area (Å²) in [6, 6.07) is 4.59. The minimum atomic E-state index is -0.656. The second kappa shape index (κ2) is 5.82. The van der Waals surface area contributed by atoms with Crippen LogP contribution in [0.15, 0.2) is 22.7 Å². The minimum Gasteiger partial charge on any atom is -0.467 e. The minimum absolute atomic E-state index is 0.293. The smallest absolute Gasteiger partial charge is 0.328 e. The molecule has 1 aromatic rings. The molecule has 0 saturated heterocycles. The summed E-state index contributed by atoms with van der Waals surface area (Å²) in [7, 11) is 1.29. The average Bonchev–Trinajstić information content (AvgIpc) is 2.31. The quantitative estimate of drug-likeness (QED) is 0.869. The summed E-state index contributed by atoms with van der Waals surface area (Å²) in [6.07, 6.45) is 0. The molecule has 1 N–H and O–H groups in total. The van der Waals surface area contributed by atoms with Crippen molar-refractivity contribution in [3.63, 3.8) is 0 Å². The normalized spacial score (nSPS) is 11.8. The lowest BCUT2D eigenvalue weighted by Crippen LogP contribution is -2.39. The van der Waals surface area contributed by atoms with Crippen molar-refractivity contribution in [1.29, 1.82) is 0 Å². The molecule has 0 fully saturated rings. The molecule has 0 aliphatic rings. The second-order valence-corrected chi connectivity index (χ2v) is 4.54. The van der Waals surface area contributed by atoms with Crippen LogP contribution < -0.4 is 5.32 Å². The number of hydrogen-bond acceptors (Lipinski definition) is 3. The van der Waals surface area contributed by atoms with Gasteiger partial charge in [0.1, 0.15) is 6.04 Å². The first-order valence-corrected chi connectivity index (χ1v) is 5.90. The van der Waals surface area contributed by atoms with E-state index in [9.17, 15) is 9.59 Å². The Morgan fingerprint density at radius 3 is 2.59 bits per heavy atom. The van der Waals surface area contributed by atoms with Crippen LogP contribution in [-0.2, 0) is 9.53 Å². The number of carbonyl (C=O) groups is 2. The molecule has 1 atom stereocenters. The van der Waals surface area contributed by atoms with Gasteiger partial charge in [-0.25, -0.2) is 4.79 Å². The molecule has 0 spiro atoms. The fourth-order valence-corrected chi connectivity index (χ4v) is 1.55. The van der Waals surface area contributed by atoms with Crippen LogP contribution in [0.3, 0.4) is 0 Å². The summed E-state index contributed by atoms with van der Waals surface area (Å²) in [6.45, 7) is 3.47. The lowest BCUT2D eigenvalue weighted by Gasteiger charge is -2.12. The summed E-state index contributed by atoms with van der Waals surface area (Å²) < 4.78 is 5.47. The standard InChI is InChI=1S/C12H14BrNO3/c1-7-6-9(4-5-10(7)13)11(15)14-8(2)12(16)17-3/h4-6,8H,1-3H3,(H,14,15). The van der Waals surface area contributed by atoms with Crippen LogP contribution in [0, 0.1) is 6.92 Å². The van der Waals surface area contributed by atoms with Gasteiger partial charge in [0.2, 0.25) is 0 Å². The highest BCUT2D eigenvalue weighted by Gasteiger charge is 2.16. The molecule has 0 saturated carbocycles. The van der Waals surface area contributed by atoms with Crippen molar-refractivity contribution in [3.8, 4) is 0 Å². The van der Waals surface area contributed by atoms with Crippen molar-refractivity contribution >= 4 is 27.8 Å². The van der Waals surface area contributed by atoms with E-state index in [-0.39, 0.29) is 5.91 Å². The molecule has 0 bridgehead atoms. The van der Waals surface area contributed by atoms with Gasteiger partial charge >= 0.3 is 5.97 Å². The van der Waals surface area contributed by atoms with Gasteiger partial charge in [-0.3, -0.25) is 4.79 Å². The van der Waals surface area contributed by atoms with E-state index in [0.717, 1.165) is 10.0 Å². The third-order valence-corrected chi connectivity index (χ3v) is 3.21. The molecule has 1 aromatic carbocycles. The number of ether oxygens (including phenoxy) is 1.